The zero-order valence-electron chi connectivity index (χ0n) is 12.3. The molecule has 0 aliphatic rings. The summed E-state index contributed by atoms with van der Waals surface area (Å²) < 4.78 is 0. The van der Waals surface area contributed by atoms with E-state index in [2.05, 4.69) is 24.5 Å². The number of carbonyl (C=O) groups is 1. The summed E-state index contributed by atoms with van der Waals surface area (Å²) in [5.74, 6) is -0.00394. The van der Waals surface area contributed by atoms with Crippen molar-refractivity contribution in [3.8, 4) is 0 Å². The van der Waals surface area contributed by atoms with Crippen LogP contribution in [0.15, 0.2) is 11.4 Å². The minimum atomic E-state index is -0.00394. The molecule has 0 aromatic carbocycles. The van der Waals surface area contributed by atoms with Crippen molar-refractivity contribution in [3.63, 3.8) is 0 Å². The number of rotatable bonds is 9. The molecule has 0 aliphatic carbocycles. The Morgan fingerprint density at radius 1 is 1.32 bits per heavy atom. The molecule has 2 N–H and O–H groups in total. The van der Waals surface area contributed by atoms with Crippen molar-refractivity contribution in [2.24, 2.45) is 0 Å². The van der Waals surface area contributed by atoms with E-state index >= 15 is 0 Å². The molecule has 1 aromatic heterocycles. The van der Waals surface area contributed by atoms with Crippen molar-refractivity contribution in [3.05, 3.63) is 16.3 Å². The highest BCUT2D eigenvalue weighted by Gasteiger charge is 2.10. The molecule has 0 bridgehead atoms. The highest BCUT2D eigenvalue weighted by molar-refractivity contribution is 7.10. The largest absolute Gasteiger partial charge is 0.325 e. The van der Waals surface area contributed by atoms with Gasteiger partial charge in [-0.15, -0.1) is 11.3 Å². The summed E-state index contributed by atoms with van der Waals surface area (Å²) in [5.41, 5.74) is 0.954. The van der Waals surface area contributed by atoms with Crippen LogP contribution < -0.4 is 10.6 Å². The average Bonchev–Trinajstić information content (AvgIpc) is 2.79. The number of thiophene rings is 1. The lowest BCUT2D eigenvalue weighted by atomic mass is 10.1. The second-order valence-electron chi connectivity index (χ2n) is 4.95. The van der Waals surface area contributed by atoms with Crippen LogP contribution in [0.2, 0.25) is 0 Å². The topological polar surface area (TPSA) is 41.1 Å². The highest BCUT2D eigenvalue weighted by Crippen LogP contribution is 2.22. The maximum Gasteiger partial charge on any atom is 0.221 e. The zero-order chi connectivity index (χ0) is 14.1. The van der Waals surface area contributed by atoms with Crippen molar-refractivity contribution in [2.45, 2.75) is 65.5 Å². The van der Waals surface area contributed by atoms with Gasteiger partial charge in [-0.25, -0.2) is 0 Å². The van der Waals surface area contributed by atoms with Gasteiger partial charge in [0.05, 0.1) is 5.69 Å². The summed E-state index contributed by atoms with van der Waals surface area (Å²) in [5, 5.41) is 8.55. The van der Waals surface area contributed by atoms with E-state index in [1.54, 1.807) is 18.3 Å². The third-order valence-electron chi connectivity index (χ3n) is 3.15. The van der Waals surface area contributed by atoms with E-state index in [0.29, 0.717) is 6.04 Å². The molecule has 1 heterocycles. The lowest BCUT2D eigenvalue weighted by Gasteiger charge is -2.18. The van der Waals surface area contributed by atoms with Gasteiger partial charge in [0.25, 0.3) is 0 Å². The molecule has 0 fully saturated rings. The first-order valence-corrected chi connectivity index (χ1v) is 8.12. The predicted molar refractivity (Wildman–Crippen MR) is 83.7 cm³/mol. The van der Waals surface area contributed by atoms with Crippen LogP contribution in [0.25, 0.3) is 0 Å². The van der Waals surface area contributed by atoms with Crippen LogP contribution in [0.4, 0.5) is 5.69 Å². The smallest absolute Gasteiger partial charge is 0.221 e. The van der Waals surface area contributed by atoms with E-state index in [1.165, 1.54) is 37.0 Å². The molecule has 0 aliphatic heterocycles. The van der Waals surface area contributed by atoms with Crippen molar-refractivity contribution in [2.75, 3.05) is 5.32 Å². The number of anilines is 1. The normalized spacial score (nSPS) is 12.4. The van der Waals surface area contributed by atoms with Gasteiger partial charge in [-0.2, -0.15) is 0 Å². The molecule has 19 heavy (non-hydrogen) atoms. The number of unbranched alkanes of at least 4 members (excludes halogenated alkanes) is 1. The summed E-state index contributed by atoms with van der Waals surface area (Å²) in [4.78, 5) is 12.3. The van der Waals surface area contributed by atoms with E-state index in [0.717, 1.165) is 12.2 Å². The third kappa shape index (κ3) is 6.21. The summed E-state index contributed by atoms with van der Waals surface area (Å²) in [6, 6.07) is 2.57. The Kier molecular flexibility index (Phi) is 7.75. The van der Waals surface area contributed by atoms with Crippen LogP contribution in [0, 0.1) is 0 Å². The van der Waals surface area contributed by atoms with Gasteiger partial charge in [0, 0.05) is 24.4 Å². The van der Waals surface area contributed by atoms with E-state index in [-0.39, 0.29) is 5.91 Å². The Morgan fingerprint density at radius 3 is 2.74 bits per heavy atom. The van der Waals surface area contributed by atoms with Crippen LogP contribution in [-0.2, 0) is 11.3 Å². The van der Waals surface area contributed by atoms with Crippen molar-refractivity contribution in [1.29, 1.82) is 0 Å². The summed E-state index contributed by atoms with van der Waals surface area (Å²) in [6.07, 6.45) is 6.20. The first-order chi connectivity index (χ1) is 9.17. The molecule has 1 aromatic rings. The Bertz CT molecular complexity index is 376. The third-order valence-corrected chi connectivity index (χ3v) is 4.07. The van der Waals surface area contributed by atoms with Crippen LogP contribution in [0.3, 0.4) is 0 Å². The molecule has 0 spiro atoms. The summed E-state index contributed by atoms with van der Waals surface area (Å²) in [6.45, 7) is 6.86. The van der Waals surface area contributed by atoms with Crippen molar-refractivity contribution in [1.82, 2.24) is 5.32 Å². The molecule has 4 heteroatoms. The number of hydrogen-bond acceptors (Lipinski definition) is 3. The SMILES string of the molecule is CCCCC(CCC)NCc1sccc1NC(C)=O. The maximum atomic E-state index is 11.1. The van der Waals surface area contributed by atoms with Crippen LogP contribution >= 0.6 is 11.3 Å². The van der Waals surface area contributed by atoms with Gasteiger partial charge in [-0.1, -0.05) is 33.1 Å². The van der Waals surface area contributed by atoms with E-state index in [1.807, 2.05) is 11.4 Å². The molecule has 1 rings (SSSR count). The Balaban J connectivity index is 2.48. The molecule has 1 atom stereocenters. The highest BCUT2D eigenvalue weighted by atomic mass is 32.1. The number of carbonyl (C=O) groups excluding carboxylic acids is 1. The number of nitrogens with one attached hydrogen (secondary N) is 2. The second kappa shape index (κ2) is 9.10. The first kappa shape index (κ1) is 16.2. The van der Waals surface area contributed by atoms with Crippen LogP contribution in [0.1, 0.15) is 57.8 Å². The van der Waals surface area contributed by atoms with Gasteiger partial charge >= 0.3 is 0 Å². The van der Waals surface area contributed by atoms with Crippen LogP contribution in [-0.4, -0.2) is 11.9 Å². The quantitative estimate of drug-likeness (QED) is 0.714. The lowest BCUT2D eigenvalue weighted by molar-refractivity contribution is -0.114. The minimum Gasteiger partial charge on any atom is -0.325 e. The number of amides is 1. The van der Waals surface area contributed by atoms with Gasteiger partial charge in [0.2, 0.25) is 5.91 Å². The van der Waals surface area contributed by atoms with E-state index < -0.39 is 0 Å². The first-order valence-electron chi connectivity index (χ1n) is 7.24. The Morgan fingerprint density at radius 2 is 2.11 bits per heavy atom. The maximum absolute atomic E-state index is 11.1. The second-order valence-corrected chi connectivity index (χ2v) is 5.95. The van der Waals surface area contributed by atoms with Gasteiger partial charge < -0.3 is 10.6 Å². The zero-order valence-corrected chi connectivity index (χ0v) is 13.1. The molecular formula is C15H26N2OS. The molecule has 1 amide bonds. The molecule has 0 radical (unpaired) electrons. The van der Waals surface area contributed by atoms with Gasteiger partial charge in [0.15, 0.2) is 0 Å². The Labute approximate surface area is 120 Å². The lowest BCUT2D eigenvalue weighted by Crippen LogP contribution is -2.28. The number of hydrogen-bond donors (Lipinski definition) is 2. The fourth-order valence-electron chi connectivity index (χ4n) is 2.16. The molecular weight excluding hydrogens is 256 g/mol. The standard InChI is InChI=1S/C15H26N2OS/c1-4-6-8-13(7-5-2)16-11-15-14(9-10-19-15)17-12(3)18/h9-10,13,16H,4-8,11H2,1-3H3,(H,17,18). The van der Waals surface area contributed by atoms with E-state index in [4.69, 9.17) is 0 Å². The Hall–Kier alpha value is -0.870. The minimum absolute atomic E-state index is 0.00394. The summed E-state index contributed by atoms with van der Waals surface area (Å²) in [7, 11) is 0. The van der Waals surface area contributed by atoms with E-state index in [9.17, 15) is 4.79 Å². The predicted octanol–water partition coefficient (Wildman–Crippen LogP) is 4.16. The van der Waals surface area contributed by atoms with Crippen molar-refractivity contribution >= 4 is 22.9 Å². The van der Waals surface area contributed by atoms with Gasteiger partial charge in [-0.3, -0.25) is 4.79 Å². The fourth-order valence-corrected chi connectivity index (χ4v) is 2.94. The molecule has 0 saturated heterocycles. The monoisotopic (exact) mass is 282 g/mol. The fraction of sp³-hybridized carbons (Fsp3) is 0.667. The van der Waals surface area contributed by atoms with Crippen LogP contribution in [0.5, 0.6) is 0 Å². The summed E-state index contributed by atoms with van der Waals surface area (Å²) >= 11 is 1.70. The molecule has 108 valence electrons. The average molecular weight is 282 g/mol. The molecule has 1 unspecified atom stereocenters. The van der Waals surface area contributed by atoms with Gasteiger partial charge in [0.1, 0.15) is 0 Å². The molecule has 3 nitrogen and oxygen atoms in total. The van der Waals surface area contributed by atoms with Crippen molar-refractivity contribution < 1.29 is 4.79 Å². The molecule has 0 saturated carbocycles. The van der Waals surface area contributed by atoms with Gasteiger partial charge in [-0.05, 0) is 24.3 Å².